The fraction of sp³-hybridized carbons (Fsp3) is 0.409. The van der Waals surface area contributed by atoms with Crippen LogP contribution in [0.25, 0.3) is 11.4 Å². The average Bonchev–Trinajstić information content (AvgIpc) is 3.18. The molecule has 0 atom stereocenters. The monoisotopic (exact) mass is 405 g/mol. The Balaban J connectivity index is 1.56. The number of aryl methyl sites for hydroxylation is 2. The number of nitrogens with one attached hydrogen (secondary N) is 2. The normalized spacial score (nSPS) is 16.8. The summed E-state index contributed by atoms with van der Waals surface area (Å²) in [6.45, 7) is 6.64. The van der Waals surface area contributed by atoms with Gasteiger partial charge >= 0.3 is 0 Å². The highest BCUT2D eigenvalue weighted by atomic mass is 16.5. The molecule has 0 saturated carbocycles. The first-order valence-electron chi connectivity index (χ1n) is 10.5. The second-order valence-electron chi connectivity index (χ2n) is 8.03. The minimum Gasteiger partial charge on any atom is -0.493 e. The van der Waals surface area contributed by atoms with Gasteiger partial charge in [0.1, 0.15) is 17.4 Å². The van der Waals surface area contributed by atoms with Crippen molar-refractivity contribution in [1.29, 1.82) is 0 Å². The first kappa shape index (κ1) is 18.9. The molecule has 1 aromatic carbocycles. The van der Waals surface area contributed by atoms with Crippen LogP contribution in [0.5, 0.6) is 5.75 Å². The lowest BCUT2D eigenvalue weighted by atomic mass is 10.0. The molecule has 4 heterocycles. The van der Waals surface area contributed by atoms with E-state index in [1.807, 2.05) is 19.1 Å². The van der Waals surface area contributed by atoms with Gasteiger partial charge < -0.3 is 19.9 Å². The Morgan fingerprint density at radius 2 is 1.93 bits per heavy atom. The third-order valence-electron chi connectivity index (χ3n) is 5.68. The number of anilines is 3. The van der Waals surface area contributed by atoms with Crippen LogP contribution in [0.4, 0.5) is 17.5 Å². The van der Waals surface area contributed by atoms with Crippen molar-refractivity contribution in [1.82, 2.24) is 25.1 Å². The quantitative estimate of drug-likeness (QED) is 0.690. The minimum atomic E-state index is 0.680. The van der Waals surface area contributed by atoms with Gasteiger partial charge in [0, 0.05) is 44.0 Å². The van der Waals surface area contributed by atoms with E-state index in [-0.39, 0.29) is 0 Å². The molecule has 1 fully saturated rings. The number of aromatic amines is 1. The van der Waals surface area contributed by atoms with Gasteiger partial charge in [-0.15, -0.1) is 0 Å². The van der Waals surface area contributed by atoms with Gasteiger partial charge in [-0.25, -0.2) is 9.97 Å². The number of rotatable bonds is 4. The molecule has 2 aliphatic rings. The molecule has 8 nitrogen and oxygen atoms in total. The minimum absolute atomic E-state index is 0.680. The number of benzene rings is 1. The predicted molar refractivity (Wildman–Crippen MR) is 118 cm³/mol. The first-order valence-corrected chi connectivity index (χ1v) is 10.5. The van der Waals surface area contributed by atoms with Gasteiger partial charge in [-0.1, -0.05) is 12.1 Å². The highest BCUT2D eigenvalue weighted by molar-refractivity contribution is 5.71. The maximum atomic E-state index is 6.03. The van der Waals surface area contributed by atoms with Crippen LogP contribution in [0.15, 0.2) is 30.3 Å². The molecule has 156 valence electrons. The van der Waals surface area contributed by atoms with Crippen LogP contribution in [0.3, 0.4) is 0 Å². The molecule has 0 amide bonds. The standard InChI is InChI=1S/C22H27N7O/c1-15-13-19(27-26-15)23-18-14-20(29-10-8-28(2)9-11-29)25-22(24-18)17-7-3-5-16-6-4-12-30-21(16)17/h3,5,7,13-14H,4,6,8-12H2,1-2H3,(H2,23,24,25,26,27). The number of hydrogen-bond donors (Lipinski definition) is 2. The number of aromatic nitrogens is 4. The molecular weight excluding hydrogens is 378 g/mol. The van der Waals surface area contributed by atoms with E-state index in [0.29, 0.717) is 5.82 Å². The third kappa shape index (κ3) is 3.82. The third-order valence-corrected chi connectivity index (χ3v) is 5.68. The number of para-hydroxylation sites is 1. The van der Waals surface area contributed by atoms with Crippen molar-refractivity contribution in [2.24, 2.45) is 0 Å². The van der Waals surface area contributed by atoms with Gasteiger partial charge in [-0.3, -0.25) is 5.10 Å². The summed E-state index contributed by atoms with van der Waals surface area (Å²) in [4.78, 5) is 14.4. The number of likely N-dealkylation sites (N-methyl/N-ethyl adjacent to an activating group) is 1. The van der Waals surface area contributed by atoms with Crippen molar-refractivity contribution in [2.75, 3.05) is 50.1 Å². The zero-order valence-electron chi connectivity index (χ0n) is 17.5. The van der Waals surface area contributed by atoms with Crippen LogP contribution in [-0.2, 0) is 6.42 Å². The summed E-state index contributed by atoms with van der Waals surface area (Å²) in [6.07, 6.45) is 2.07. The number of nitrogens with zero attached hydrogens (tertiary/aromatic N) is 5. The van der Waals surface area contributed by atoms with Gasteiger partial charge in [0.2, 0.25) is 0 Å². The molecule has 2 N–H and O–H groups in total. The van der Waals surface area contributed by atoms with Crippen molar-refractivity contribution in [3.8, 4) is 17.1 Å². The molecule has 0 radical (unpaired) electrons. The van der Waals surface area contributed by atoms with Crippen molar-refractivity contribution < 1.29 is 4.74 Å². The van der Waals surface area contributed by atoms with E-state index < -0.39 is 0 Å². The van der Waals surface area contributed by atoms with Crippen LogP contribution in [0.2, 0.25) is 0 Å². The Bertz CT molecular complexity index is 1040. The summed E-state index contributed by atoms with van der Waals surface area (Å²) in [6, 6.07) is 10.2. The molecule has 1 saturated heterocycles. The Kier molecular flexibility index (Phi) is 5.00. The number of hydrogen-bond acceptors (Lipinski definition) is 7. The lowest BCUT2D eigenvalue weighted by Gasteiger charge is -2.33. The molecule has 0 bridgehead atoms. The van der Waals surface area contributed by atoms with Gasteiger partial charge in [0.05, 0.1) is 12.2 Å². The molecule has 3 aromatic rings. The Labute approximate surface area is 176 Å². The molecule has 2 aliphatic heterocycles. The van der Waals surface area contributed by atoms with E-state index in [9.17, 15) is 0 Å². The molecule has 5 rings (SSSR count). The highest BCUT2D eigenvalue weighted by Gasteiger charge is 2.21. The van der Waals surface area contributed by atoms with Gasteiger partial charge in [-0.2, -0.15) is 5.10 Å². The van der Waals surface area contributed by atoms with E-state index in [4.69, 9.17) is 14.7 Å². The van der Waals surface area contributed by atoms with Crippen LogP contribution in [-0.4, -0.2) is 64.9 Å². The number of piperazine rings is 1. The number of H-pyrrole nitrogens is 1. The lowest BCUT2D eigenvalue weighted by Crippen LogP contribution is -2.44. The molecule has 30 heavy (non-hydrogen) atoms. The Morgan fingerprint density at radius 3 is 2.73 bits per heavy atom. The van der Waals surface area contributed by atoms with Crippen molar-refractivity contribution >= 4 is 17.5 Å². The summed E-state index contributed by atoms with van der Waals surface area (Å²) >= 11 is 0. The summed E-state index contributed by atoms with van der Waals surface area (Å²) in [5, 5.41) is 10.6. The van der Waals surface area contributed by atoms with E-state index >= 15 is 0 Å². The van der Waals surface area contributed by atoms with E-state index in [2.05, 4.69) is 50.6 Å². The summed E-state index contributed by atoms with van der Waals surface area (Å²) < 4.78 is 6.03. The van der Waals surface area contributed by atoms with Gasteiger partial charge in [0.15, 0.2) is 11.6 Å². The number of fused-ring (bicyclic) bond motifs is 1. The topological polar surface area (TPSA) is 82.2 Å². The molecule has 2 aromatic heterocycles. The molecule has 0 unspecified atom stereocenters. The maximum absolute atomic E-state index is 6.03. The van der Waals surface area contributed by atoms with Gasteiger partial charge in [0.25, 0.3) is 0 Å². The Hall–Kier alpha value is -3.13. The van der Waals surface area contributed by atoms with Crippen LogP contribution in [0.1, 0.15) is 17.7 Å². The summed E-state index contributed by atoms with van der Waals surface area (Å²) in [7, 11) is 2.16. The Morgan fingerprint density at radius 1 is 1.07 bits per heavy atom. The second-order valence-corrected chi connectivity index (χ2v) is 8.03. The summed E-state index contributed by atoms with van der Waals surface area (Å²) in [5.74, 6) is 4.00. The molecule has 8 heteroatoms. The largest absolute Gasteiger partial charge is 0.493 e. The molecular formula is C22H27N7O. The van der Waals surface area contributed by atoms with E-state index in [1.165, 1.54) is 5.56 Å². The summed E-state index contributed by atoms with van der Waals surface area (Å²) in [5.41, 5.74) is 3.17. The van der Waals surface area contributed by atoms with Crippen LogP contribution in [0, 0.1) is 6.92 Å². The first-order chi connectivity index (χ1) is 14.7. The van der Waals surface area contributed by atoms with Crippen molar-refractivity contribution in [3.63, 3.8) is 0 Å². The SMILES string of the molecule is Cc1cc(Nc2cc(N3CCN(C)CC3)nc(-c3cccc4c3OCCC4)n2)n[nH]1. The highest BCUT2D eigenvalue weighted by Crippen LogP contribution is 2.36. The van der Waals surface area contributed by atoms with Gasteiger partial charge in [-0.05, 0) is 38.4 Å². The number of ether oxygens (including phenoxy) is 1. The molecule has 0 aliphatic carbocycles. The molecule has 0 spiro atoms. The van der Waals surface area contributed by atoms with Crippen LogP contribution >= 0.6 is 0 Å². The smallest absolute Gasteiger partial charge is 0.167 e. The van der Waals surface area contributed by atoms with Crippen molar-refractivity contribution in [2.45, 2.75) is 19.8 Å². The predicted octanol–water partition coefficient (Wildman–Crippen LogP) is 3.00. The maximum Gasteiger partial charge on any atom is 0.167 e. The second kappa shape index (κ2) is 7.95. The van der Waals surface area contributed by atoms with Crippen molar-refractivity contribution in [3.05, 3.63) is 41.6 Å². The fourth-order valence-corrected chi connectivity index (χ4v) is 3.99. The average molecular weight is 406 g/mol. The fourth-order valence-electron chi connectivity index (χ4n) is 3.99. The van der Waals surface area contributed by atoms with E-state index in [1.54, 1.807) is 0 Å². The lowest BCUT2D eigenvalue weighted by molar-refractivity contribution is 0.289. The zero-order valence-corrected chi connectivity index (χ0v) is 17.5. The van der Waals surface area contributed by atoms with E-state index in [0.717, 1.165) is 80.1 Å². The van der Waals surface area contributed by atoms with Crippen LogP contribution < -0.4 is 15.0 Å². The zero-order chi connectivity index (χ0) is 20.5.